The second-order valence-electron chi connectivity index (χ2n) is 6.40. The highest BCUT2D eigenvalue weighted by Gasteiger charge is 2.14. The fourth-order valence-electron chi connectivity index (χ4n) is 2.83. The maximum atomic E-state index is 12.8. The van der Waals surface area contributed by atoms with Crippen molar-refractivity contribution in [2.45, 2.75) is 9.79 Å². The second kappa shape index (κ2) is 9.07. The number of carbonyl (C=O) groups excluding carboxylic acids is 1. The largest absolute Gasteiger partial charge is 0.497 e. The lowest BCUT2D eigenvalue weighted by atomic mass is 10.1. The quantitative estimate of drug-likeness (QED) is 0.381. The molecule has 0 unspecified atom stereocenters. The highest BCUT2D eigenvalue weighted by Crippen LogP contribution is 2.34. The molecule has 0 atom stereocenters. The van der Waals surface area contributed by atoms with Crippen molar-refractivity contribution in [2.75, 3.05) is 12.4 Å². The number of para-hydroxylation sites is 1. The van der Waals surface area contributed by atoms with Crippen LogP contribution in [0.2, 0.25) is 5.02 Å². The van der Waals surface area contributed by atoms with E-state index in [1.807, 2.05) is 72.8 Å². The third-order valence-corrected chi connectivity index (χ3v) is 5.72. The predicted octanol–water partition coefficient (Wildman–Crippen LogP) is 6.14. The van der Waals surface area contributed by atoms with Crippen molar-refractivity contribution in [3.8, 4) is 17.0 Å². The molecule has 0 radical (unpaired) electrons. The van der Waals surface area contributed by atoms with Gasteiger partial charge in [0.25, 0.3) is 5.91 Å². The maximum absolute atomic E-state index is 12.8. The number of ether oxygens (including phenoxy) is 1. The Kier molecular flexibility index (Phi) is 6.07. The van der Waals surface area contributed by atoms with Gasteiger partial charge in [0, 0.05) is 20.4 Å². The summed E-state index contributed by atoms with van der Waals surface area (Å²) in [6.45, 7) is 0. The zero-order valence-electron chi connectivity index (χ0n) is 16.1. The molecule has 1 amide bonds. The van der Waals surface area contributed by atoms with Crippen LogP contribution in [0.5, 0.6) is 5.75 Å². The Hall–Kier alpha value is -3.22. The lowest BCUT2D eigenvalue weighted by molar-refractivity contribution is 0.102. The number of rotatable bonds is 6. The summed E-state index contributed by atoms with van der Waals surface area (Å²) in [4.78, 5) is 14.7. The Bertz CT molecular complexity index is 1160. The fraction of sp³-hybridized carbons (Fsp3) is 0.0435. The van der Waals surface area contributed by atoms with Gasteiger partial charge in [-0.3, -0.25) is 9.89 Å². The van der Waals surface area contributed by atoms with Gasteiger partial charge in [-0.25, -0.2) is 0 Å². The van der Waals surface area contributed by atoms with E-state index in [0.717, 1.165) is 26.8 Å². The number of anilines is 1. The van der Waals surface area contributed by atoms with Crippen molar-refractivity contribution in [1.29, 1.82) is 0 Å². The summed E-state index contributed by atoms with van der Waals surface area (Å²) in [6, 6.07) is 24.5. The highest BCUT2D eigenvalue weighted by atomic mass is 35.5. The Morgan fingerprint density at radius 3 is 2.50 bits per heavy atom. The summed E-state index contributed by atoms with van der Waals surface area (Å²) in [5, 5.41) is 10.7. The Labute approximate surface area is 183 Å². The average molecular weight is 436 g/mol. The molecule has 30 heavy (non-hydrogen) atoms. The number of benzene rings is 3. The van der Waals surface area contributed by atoms with Crippen LogP contribution in [-0.4, -0.2) is 23.2 Å². The van der Waals surface area contributed by atoms with Crippen LogP contribution >= 0.6 is 23.4 Å². The van der Waals surface area contributed by atoms with Crippen molar-refractivity contribution in [1.82, 2.24) is 10.2 Å². The predicted molar refractivity (Wildman–Crippen MR) is 121 cm³/mol. The van der Waals surface area contributed by atoms with Gasteiger partial charge in [-0.05, 0) is 66.7 Å². The Morgan fingerprint density at radius 2 is 1.77 bits per heavy atom. The van der Waals surface area contributed by atoms with E-state index in [4.69, 9.17) is 16.3 Å². The van der Waals surface area contributed by atoms with Gasteiger partial charge >= 0.3 is 0 Å². The first-order valence-corrected chi connectivity index (χ1v) is 10.4. The van der Waals surface area contributed by atoms with Crippen LogP contribution < -0.4 is 10.1 Å². The number of H-pyrrole nitrogens is 1. The van der Waals surface area contributed by atoms with Crippen LogP contribution in [0.25, 0.3) is 11.3 Å². The van der Waals surface area contributed by atoms with Crippen LogP contribution in [0, 0.1) is 0 Å². The SMILES string of the molecule is COc1ccc(-c2cc(C(=O)Nc3ccccc3Sc3ccc(Cl)cc3)[nH]n2)cc1. The van der Waals surface area contributed by atoms with E-state index in [-0.39, 0.29) is 5.91 Å². The van der Waals surface area contributed by atoms with Gasteiger partial charge < -0.3 is 10.1 Å². The molecular formula is C23H18ClN3O2S. The summed E-state index contributed by atoms with van der Waals surface area (Å²) < 4.78 is 5.17. The van der Waals surface area contributed by atoms with Crippen molar-refractivity contribution in [2.24, 2.45) is 0 Å². The van der Waals surface area contributed by atoms with Gasteiger partial charge in [-0.2, -0.15) is 5.10 Å². The number of nitrogens with one attached hydrogen (secondary N) is 2. The Morgan fingerprint density at radius 1 is 1.03 bits per heavy atom. The zero-order valence-corrected chi connectivity index (χ0v) is 17.6. The number of amides is 1. The Balaban J connectivity index is 1.50. The van der Waals surface area contributed by atoms with Gasteiger partial charge in [0.05, 0.1) is 18.5 Å². The van der Waals surface area contributed by atoms with Crippen molar-refractivity contribution < 1.29 is 9.53 Å². The van der Waals surface area contributed by atoms with Gasteiger partial charge in [0.15, 0.2) is 0 Å². The van der Waals surface area contributed by atoms with E-state index in [0.29, 0.717) is 16.4 Å². The van der Waals surface area contributed by atoms with E-state index in [1.54, 1.807) is 24.9 Å². The molecule has 1 heterocycles. The van der Waals surface area contributed by atoms with Crippen molar-refractivity contribution >= 4 is 35.0 Å². The van der Waals surface area contributed by atoms with Crippen LogP contribution in [0.3, 0.4) is 0 Å². The van der Waals surface area contributed by atoms with Crippen LogP contribution in [-0.2, 0) is 0 Å². The van der Waals surface area contributed by atoms with Gasteiger partial charge in [-0.15, -0.1) is 0 Å². The molecular weight excluding hydrogens is 418 g/mol. The lowest BCUT2D eigenvalue weighted by Gasteiger charge is -2.10. The van der Waals surface area contributed by atoms with Gasteiger partial charge in [0.2, 0.25) is 0 Å². The molecule has 1 aromatic heterocycles. The third-order valence-electron chi connectivity index (χ3n) is 4.38. The molecule has 0 saturated heterocycles. The molecule has 0 fully saturated rings. The molecule has 0 aliphatic heterocycles. The first-order valence-electron chi connectivity index (χ1n) is 9.16. The number of aromatic amines is 1. The van der Waals surface area contributed by atoms with E-state index >= 15 is 0 Å². The van der Waals surface area contributed by atoms with Crippen LogP contribution in [0.1, 0.15) is 10.5 Å². The fourth-order valence-corrected chi connectivity index (χ4v) is 3.85. The minimum Gasteiger partial charge on any atom is -0.497 e. The molecule has 3 aromatic carbocycles. The standard InChI is InChI=1S/C23H18ClN3O2S/c1-29-17-10-6-15(7-11-17)20-14-21(27-26-20)23(28)25-19-4-2-3-5-22(19)30-18-12-8-16(24)9-13-18/h2-14H,1H3,(H,25,28)(H,26,27). The summed E-state index contributed by atoms with van der Waals surface area (Å²) in [5.41, 5.74) is 2.69. The molecule has 0 aliphatic carbocycles. The van der Waals surface area contributed by atoms with Gasteiger partial charge in [-0.1, -0.05) is 35.5 Å². The molecule has 5 nitrogen and oxygen atoms in total. The molecule has 0 bridgehead atoms. The normalized spacial score (nSPS) is 10.6. The molecule has 7 heteroatoms. The first kappa shape index (κ1) is 20.1. The van der Waals surface area contributed by atoms with Gasteiger partial charge in [0.1, 0.15) is 11.4 Å². The maximum Gasteiger partial charge on any atom is 0.273 e. The first-order chi connectivity index (χ1) is 14.6. The summed E-state index contributed by atoms with van der Waals surface area (Å²) in [6.07, 6.45) is 0. The van der Waals surface area contributed by atoms with E-state index in [1.165, 1.54) is 0 Å². The number of methoxy groups -OCH3 is 1. The van der Waals surface area contributed by atoms with Crippen molar-refractivity contribution in [3.05, 3.63) is 89.6 Å². The van der Waals surface area contributed by atoms with E-state index in [2.05, 4.69) is 15.5 Å². The summed E-state index contributed by atoms with van der Waals surface area (Å²) in [5.74, 6) is 0.508. The number of hydrogen-bond acceptors (Lipinski definition) is 4. The molecule has 0 spiro atoms. The van der Waals surface area contributed by atoms with E-state index < -0.39 is 0 Å². The third kappa shape index (κ3) is 4.67. The molecule has 0 saturated carbocycles. The monoisotopic (exact) mass is 435 g/mol. The number of nitrogens with zero attached hydrogens (tertiary/aromatic N) is 1. The highest BCUT2D eigenvalue weighted by molar-refractivity contribution is 7.99. The summed E-state index contributed by atoms with van der Waals surface area (Å²) >= 11 is 7.52. The summed E-state index contributed by atoms with van der Waals surface area (Å²) in [7, 11) is 1.62. The average Bonchev–Trinajstić information content (AvgIpc) is 3.27. The zero-order chi connectivity index (χ0) is 20.9. The van der Waals surface area contributed by atoms with Crippen molar-refractivity contribution in [3.63, 3.8) is 0 Å². The molecule has 0 aliphatic rings. The van der Waals surface area contributed by atoms with E-state index in [9.17, 15) is 4.79 Å². The number of aromatic nitrogens is 2. The van der Waals surface area contributed by atoms with Crippen LogP contribution in [0.4, 0.5) is 5.69 Å². The topological polar surface area (TPSA) is 67.0 Å². The minimum absolute atomic E-state index is 0.258. The van der Waals surface area contributed by atoms with Crippen LogP contribution in [0.15, 0.2) is 88.7 Å². The number of hydrogen-bond donors (Lipinski definition) is 2. The number of halogens is 1. The number of carbonyl (C=O) groups is 1. The minimum atomic E-state index is -0.258. The molecule has 4 aromatic rings. The molecule has 4 rings (SSSR count). The lowest BCUT2D eigenvalue weighted by Crippen LogP contribution is -2.12. The molecule has 2 N–H and O–H groups in total. The second-order valence-corrected chi connectivity index (χ2v) is 7.95. The smallest absolute Gasteiger partial charge is 0.273 e. The molecule has 150 valence electrons.